The highest BCUT2D eigenvalue weighted by molar-refractivity contribution is 6.06. The highest BCUT2D eigenvalue weighted by Gasteiger charge is 2.27. The van der Waals surface area contributed by atoms with Crippen molar-refractivity contribution in [1.82, 2.24) is 24.1 Å². The Bertz CT molecular complexity index is 2340. The third-order valence-electron chi connectivity index (χ3n) is 8.84. The van der Waals surface area contributed by atoms with E-state index in [-0.39, 0.29) is 24.3 Å². The quantitative estimate of drug-likeness (QED) is 0.154. The number of rotatable bonds is 11. The van der Waals surface area contributed by atoms with E-state index in [4.69, 9.17) is 19.2 Å². The third kappa shape index (κ3) is 6.47. The van der Waals surface area contributed by atoms with Gasteiger partial charge in [0.1, 0.15) is 23.9 Å². The number of fused-ring (bicyclic) bond motifs is 3. The predicted octanol–water partition coefficient (Wildman–Crippen LogP) is 6.52. The lowest BCUT2D eigenvalue weighted by atomic mass is 9.86. The maximum absolute atomic E-state index is 14.1. The van der Waals surface area contributed by atoms with Crippen LogP contribution in [-0.2, 0) is 35.6 Å². The largest absolute Gasteiger partial charge is 0.457 e. The lowest BCUT2D eigenvalue weighted by molar-refractivity contribution is 0.0457. The molecule has 3 aromatic carbocycles. The lowest BCUT2D eigenvalue weighted by Gasteiger charge is -2.22. The van der Waals surface area contributed by atoms with Crippen molar-refractivity contribution < 1.29 is 19.0 Å². The van der Waals surface area contributed by atoms with Crippen LogP contribution in [0.1, 0.15) is 59.2 Å². The van der Waals surface area contributed by atoms with Crippen molar-refractivity contribution in [3.05, 3.63) is 128 Å². The number of nitrogens with one attached hydrogen (secondary N) is 1. The van der Waals surface area contributed by atoms with Crippen molar-refractivity contribution in [2.45, 2.75) is 52.3 Å². The molecule has 0 radical (unpaired) electrons. The van der Waals surface area contributed by atoms with Crippen LogP contribution in [0.15, 0.2) is 88.5 Å². The van der Waals surface area contributed by atoms with Gasteiger partial charge in [0.2, 0.25) is 0 Å². The normalized spacial score (nSPS) is 13.5. The molecule has 254 valence electrons. The Morgan fingerprint density at radius 2 is 1.66 bits per heavy atom. The molecule has 3 heterocycles. The Balaban J connectivity index is 1.22. The second-order valence-electron chi connectivity index (χ2n) is 12.2. The molecule has 50 heavy (non-hydrogen) atoms. The molecule has 11 nitrogen and oxygen atoms in total. The molecular formula is C39H37N5O6. The van der Waals surface area contributed by atoms with Crippen LogP contribution < -0.4 is 16.0 Å². The first kappa shape index (κ1) is 32.7. The Labute approximate surface area is 287 Å². The van der Waals surface area contributed by atoms with Gasteiger partial charge < -0.3 is 18.8 Å². The molecule has 0 saturated carbocycles. The van der Waals surface area contributed by atoms with Crippen LogP contribution in [0.2, 0.25) is 0 Å². The predicted molar refractivity (Wildman–Crippen MR) is 191 cm³/mol. The number of aromatic amines is 1. The fraction of sp³-hybridized carbons (Fsp3) is 0.256. The Morgan fingerprint density at radius 1 is 0.900 bits per heavy atom. The van der Waals surface area contributed by atoms with E-state index in [9.17, 15) is 14.4 Å². The van der Waals surface area contributed by atoms with Crippen LogP contribution in [0.4, 0.5) is 0 Å². The first-order valence-corrected chi connectivity index (χ1v) is 16.8. The zero-order valence-corrected chi connectivity index (χ0v) is 28.0. The summed E-state index contributed by atoms with van der Waals surface area (Å²) < 4.78 is 20.4. The minimum Gasteiger partial charge on any atom is -0.457 e. The number of benzene rings is 3. The molecule has 0 bridgehead atoms. The average Bonchev–Trinajstić information content (AvgIpc) is 3.50. The van der Waals surface area contributed by atoms with Crippen molar-refractivity contribution in [3.63, 3.8) is 0 Å². The molecule has 7 rings (SSSR count). The molecule has 0 fully saturated rings. The SMILES string of the molecule is CCCn1c(=O)[nH]c(=O)c2c1nc(COC(=O)c1c3c(nc4ccccc14)/C(=C\c1ccc(Oc4ccccc4)cc1)CCC3)n2CCOC. The third-order valence-corrected chi connectivity index (χ3v) is 8.84. The molecule has 1 aliphatic carbocycles. The van der Waals surface area contributed by atoms with Crippen LogP contribution in [0, 0.1) is 0 Å². The first-order valence-electron chi connectivity index (χ1n) is 16.8. The minimum absolute atomic E-state index is 0.206. The average molecular weight is 672 g/mol. The number of pyridine rings is 1. The molecule has 3 aromatic heterocycles. The van der Waals surface area contributed by atoms with E-state index < -0.39 is 17.2 Å². The minimum atomic E-state index is -0.551. The number of para-hydroxylation sites is 2. The van der Waals surface area contributed by atoms with Crippen molar-refractivity contribution in [2.75, 3.05) is 13.7 Å². The molecule has 0 unspecified atom stereocenters. The summed E-state index contributed by atoms with van der Waals surface area (Å²) in [4.78, 5) is 51.8. The number of aromatic nitrogens is 5. The molecule has 6 aromatic rings. The maximum atomic E-state index is 14.1. The van der Waals surface area contributed by atoms with E-state index in [1.165, 1.54) is 4.57 Å². The van der Waals surface area contributed by atoms with Gasteiger partial charge in [-0.3, -0.25) is 14.3 Å². The second-order valence-corrected chi connectivity index (χ2v) is 12.2. The van der Waals surface area contributed by atoms with Gasteiger partial charge in [0.05, 0.1) is 23.4 Å². The number of nitrogens with zero attached hydrogens (tertiary/aromatic N) is 4. The number of carbonyl (C=O) groups is 1. The summed E-state index contributed by atoms with van der Waals surface area (Å²) in [6.45, 7) is 2.69. The van der Waals surface area contributed by atoms with Crippen molar-refractivity contribution >= 4 is 39.7 Å². The molecule has 0 saturated heterocycles. The summed E-state index contributed by atoms with van der Waals surface area (Å²) in [7, 11) is 1.56. The van der Waals surface area contributed by atoms with Gasteiger partial charge in [0.25, 0.3) is 5.56 Å². The molecule has 0 spiro atoms. The van der Waals surface area contributed by atoms with Gasteiger partial charge in [-0.05, 0) is 78.8 Å². The number of allylic oxidation sites excluding steroid dienone is 1. The van der Waals surface area contributed by atoms with Gasteiger partial charge in [0.15, 0.2) is 11.2 Å². The Morgan fingerprint density at radius 3 is 2.44 bits per heavy atom. The highest BCUT2D eigenvalue weighted by Crippen LogP contribution is 2.37. The monoisotopic (exact) mass is 671 g/mol. The van der Waals surface area contributed by atoms with Gasteiger partial charge in [-0.2, -0.15) is 0 Å². The molecule has 0 atom stereocenters. The van der Waals surface area contributed by atoms with Gasteiger partial charge in [-0.25, -0.2) is 19.6 Å². The number of esters is 1. The summed E-state index contributed by atoms with van der Waals surface area (Å²) in [6.07, 6.45) is 5.11. The van der Waals surface area contributed by atoms with Crippen molar-refractivity contribution in [3.8, 4) is 11.5 Å². The van der Waals surface area contributed by atoms with E-state index in [1.807, 2.05) is 85.8 Å². The molecule has 0 amide bonds. The number of carbonyl (C=O) groups excluding carboxylic acids is 1. The van der Waals surface area contributed by atoms with Crippen LogP contribution in [0.3, 0.4) is 0 Å². The Kier molecular flexibility index (Phi) is 9.39. The summed E-state index contributed by atoms with van der Waals surface area (Å²) in [5.41, 5.74) is 4.25. The fourth-order valence-corrected chi connectivity index (χ4v) is 6.55. The standard InChI is InChI=1S/C39H37N5O6/c1-3-20-44-36-35(37(45)42-39(44)47)43(21-22-48-2)32(41-36)24-49-38(46)33-29-13-7-8-15-31(29)40-34-26(10-9-14-30(33)34)23-25-16-18-28(19-17-25)50-27-11-5-4-6-12-27/h4-8,11-13,15-19,23H,3,9-10,14,20-22,24H2,1-2H3,(H,42,45,47)/b26-23-. The number of aryl methyl sites for hydroxylation is 1. The molecule has 1 N–H and O–H groups in total. The number of ether oxygens (including phenoxy) is 3. The van der Waals surface area contributed by atoms with E-state index in [2.05, 4.69) is 16.0 Å². The van der Waals surface area contributed by atoms with E-state index in [1.54, 1.807) is 11.7 Å². The fourth-order valence-electron chi connectivity index (χ4n) is 6.55. The zero-order chi connectivity index (χ0) is 34.6. The Hall–Kier alpha value is -5.81. The molecule has 11 heteroatoms. The summed E-state index contributed by atoms with van der Waals surface area (Å²) in [5, 5.41) is 0.709. The van der Waals surface area contributed by atoms with Crippen LogP contribution in [-0.4, -0.2) is 43.8 Å². The summed E-state index contributed by atoms with van der Waals surface area (Å²) in [6, 6.07) is 25.1. The lowest BCUT2D eigenvalue weighted by Crippen LogP contribution is -2.31. The van der Waals surface area contributed by atoms with Gasteiger partial charge in [-0.1, -0.05) is 55.5 Å². The van der Waals surface area contributed by atoms with E-state index in [0.29, 0.717) is 48.3 Å². The number of imidazole rings is 1. The maximum Gasteiger partial charge on any atom is 0.339 e. The van der Waals surface area contributed by atoms with Crippen molar-refractivity contribution in [1.29, 1.82) is 0 Å². The first-order chi connectivity index (χ1) is 24.4. The van der Waals surface area contributed by atoms with Crippen molar-refractivity contribution in [2.24, 2.45) is 0 Å². The van der Waals surface area contributed by atoms with E-state index in [0.717, 1.165) is 46.7 Å². The van der Waals surface area contributed by atoms with Gasteiger partial charge in [-0.15, -0.1) is 0 Å². The molecular weight excluding hydrogens is 634 g/mol. The smallest absolute Gasteiger partial charge is 0.339 e. The second kappa shape index (κ2) is 14.4. The zero-order valence-electron chi connectivity index (χ0n) is 28.0. The highest BCUT2D eigenvalue weighted by atomic mass is 16.5. The number of H-pyrrole nitrogens is 1. The van der Waals surface area contributed by atoms with Gasteiger partial charge >= 0.3 is 11.7 Å². The topological polar surface area (TPSA) is 130 Å². The molecule has 0 aliphatic heterocycles. The van der Waals surface area contributed by atoms with E-state index >= 15 is 0 Å². The van der Waals surface area contributed by atoms with Gasteiger partial charge in [0, 0.05) is 25.6 Å². The number of hydrogen-bond acceptors (Lipinski definition) is 8. The summed E-state index contributed by atoms with van der Waals surface area (Å²) >= 11 is 0. The number of methoxy groups -OCH3 is 1. The number of hydrogen-bond donors (Lipinski definition) is 1. The van der Waals surface area contributed by atoms with Crippen LogP contribution in [0.25, 0.3) is 33.7 Å². The summed E-state index contributed by atoms with van der Waals surface area (Å²) in [5.74, 6) is 1.35. The molecule has 1 aliphatic rings. The van der Waals surface area contributed by atoms with Crippen LogP contribution in [0.5, 0.6) is 11.5 Å². The van der Waals surface area contributed by atoms with Crippen LogP contribution >= 0.6 is 0 Å².